The van der Waals surface area contributed by atoms with Crippen molar-refractivity contribution < 1.29 is 13.6 Å². The van der Waals surface area contributed by atoms with Gasteiger partial charge in [-0.25, -0.2) is 8.78 Å². The molecule has 4 rings (SSSR count). The molecule has 1 aromatic heterocycles. The van der Waals surface area contributed by atoms with Gasteiger partial charge in [-0.15, -0.1) is 0 Å². The van der Waals surface area contributed by atoms with Gasteiger partial charge in [-0.2, -0.15) is 0 Å². The number of halogens is 4. The van der Waals surface area contributed by atoms with Gasteiger partial charge in [0.1, 0.15) is 23.5 Å². The van der Waals surface area contributed by atoms with Crippen molar-refractivity contribution in [2.75, 3.05) is 13.1 Å². The number of rotatable bonds is 5. The summed E-state index contributed by atoms with van der Waals surface area (Å²) in [6.07, 6.45) is 2.02. The first-order valence-electron chi connectivity index (χ1n) is 9.51. The standard InChI is InChI=1S/C22H17Cl2F2N3O2/c23-17-2-1-3-18(24)22(17)29-12-13(4-7-20(29)30)21(28-31-15-8-9-27-11-15)16-6-5-14(25)10-19(16)26/h1-7,10,12,15,27H,8-9,11H2/b28-21-/t15-/m0/s1. The highest BCUT2D eigenvalue weighted by molar-refractivity contribution is 6.37. The molecule has 0 radical (unpaired) electrons. The molecule has 0 amide bonds. The molecule has 1 saturated heterocycles. The van der Waals surface area contributed by atoms with Crippen LogP contribution in [0.3, 0.4) is 0 Å². The average molecular weight is 464 g/mol. The van der Waals surface area contributed by atoms with E-state index in [1.165, 1.54) is 29.0 Å². The van der Waals surface area contributed by atoms with Gasteiger partial charge in [-0.3, -0.25) is 9.36 Å². The van der Waals surface area contributed by atoms with Crippen LogP contribution in [0.4, 0.5) is 8.78 Å². The first kappa shape index (κ1) is 21.5. The maximum absolute atomic E-state index is 14.6. The summed E-state index contributed by atoms with van der Waals surface area (Å²) in [5.41, 5.74) is 0.410. The summed E-state index contributed by atoms with van der Waals surface area (Å²) in [4.78, 5) is 18.2. The van der Waals surface area contributed by atoms with Crippen LogP contribution in [0.2, 0.25) is 10.0 Å². The summed E-state index contributed by atoms with van der Waals surface area (Å²) in [6, 6.07) is 10.8. The number of pyridine rings is 1. The highest BCUT2D eigenvalue weighted by Gasteiger charge is 2.20. The number of hydrogen-bond donors (Lipinski definition) is 1. The normalized spacial score (nSPS) is 16.5. The lowest BCUT2D eigenvalue weighted by molar-refractivity contribution is 0.0738. The number of benzene rings is 2. The number of aromatic nitrogens is 1. The van der Waals surface area contributed by atoms with Crippen LogP contribution in [0, 0.1) is 11.6 Å². The molecule has 2 heterocycles. The molecule has 0 unspecified atom stereocenters. The molecule has 1 aliphatic rings. The molecule has 0 saturated carbocycles. The van der Waals surface area contributed by atoms with Gasteiger partial charge in [0.25, 0.3) is 5.56 Å². The zero-order chi connectivity index (χ0) is 22.0. The highest BCUT2D eigenvalue weighted by atomic mass is 35.5. The van der Waals surface area contributed by atoms with Crippen LogP contribution in [0.1, 0.15) is 17.5 Å². The Bertz CT molecular complexity index is 1190. The second kappa shape index (κ2) is 9.18. The van der Waals surface area contributed by atoms with E-state index < -0.39 is 17.2 Å². The van der Waals surface area contributed by atoms with Gasteiger partial charge in [-0.1, -0.05) is 34.4 Å². The fourth-order valence-corrected chi connectivity index (χ4v) is 3.88. The van der Waals surface area contributed by atoms with Crippen molar-refractivity contribution in [3.8, 4) is 5.69 Å². The molecular weight excluding hydrogens is 447 g/mol. The lowest BCUT2D eigenvalue weighted by Gasteiger charge is -2.14. The van der Waals surface area contributed by atoms with E-state index in [-0.39, 0.29) is 33.1 Å². The van der Waals surface area contributed by atoms with E-state index in [0.29, 0.717) is 12.1 Å². The van der Waals surface area contributed by atoms with Gasteiger partial charge < -0.3 is 10.2 Å². The van der Waals surface area contributed by atoms with E-state index in [1.54, 1.807) is 18.2 Å². The minimum absolute atomic E-state index is 0.0304. The van der Waals surface area contributed by atoms with Gasteiger partial charge in [0.2, 0.25) is 0 Å². The van der Waals surface area contributed by atoms with Crippen LogP contribution in [0.15, 0.2) is 64.7 Å². The van der Waals surface area contributed by atoms with Gasteiger partial charge in [-0.05, 0) is 36.9 Å². The Morgan fingerprint density at radius 3 is 2.58 bits per heavy atom. The minimum Gasteiger partial charge on any atom is -0.391 e. The largest absolute Gasteiger partial charge is 0.391 e. The van der Waals surface area contributed by atoms with Gasteiger partial charge in [0.05, 0.1) is 15.7 Å². The molecule has 9 heteroatoms. The van der Waals surface area contributed by atoms with Gasteiger partial charge >= 0.3 is 0 Å². The van der Waals surface area contributed by atoms with Gasteiger partial charge in [0, 0.05) is 42.4 Å². The van der Waals surface area contributed by atoms with Crippen molar-refractivity contribution in [1.29, 1.82) is 0 Å². The summed E-state index contributed by atoms with van der Waals surface area (Å²) >= 11 is 12.5. The Kier molecular flexibility index (Phi) is 6.36. The number of nitrogens with zero attached hydrogens (tertiary/aromatic N) is 2. The van der Waals surface area contributed by atoms with E-state index in [2.05, 4.69) is 10.5 Å². The number of nitrogens with one attached hydrogen (secondary N) is 1. The number of hydrogen-bond acceptors (Lipinski definition) is 4. The molecule has 0 spiro atoms. The van der Waals surface area contributed by atoms with E-state index in [0.717, 1.165) is 25.1 Å². The lowest BCUT2D eigenvalue weighted by atomic mass is 10.0. The number of para-hydroxylation sites is 1. The molecule has 0 aliphatic carbocycles. The molecule has 2 aromatic carbocycles. The van der Waals surface area contributed by atoms with Crippen molar-refractivity contribution in [3.63, 3.8) is 0 Å². The Morgan fingerprint density at radius 2 is 1.90 bits per heavy atom. The summed E-state index contributed by atoms with van der Waals surface area (Å²) in [5.74, 6) is -1.52. The maximum Gasteiger partial charge on any atom is 0.255 e. The SMILES string of the molecule is O=c1ccc(/C(=N/O[C@H]2CCNC2)c2ccc(F)cc2F)cn1-c1c(Cl)cccc1Cl. The average Bonchev–Trinajstić information content (AvgIpc) is 3.25. The predicted molar refractivity (Wildman–Crippen MR) is 116 cm³/mol. The van der Waals surface area contributed by atoms with Crippen LogP contribution in [-0.4, -0.2) is 29.5 Å². The van der Waals surface area contributed by atoms with Crippen LogP contribution >= 0.6 is 23.2 Å². The smallest absolute Gasteiger partial charge is 0.255 e. The Labute approximate surface area is 186 Å². The first-order valence-corrected chi connectivity index (χ1v) is 10.3. The predicted octanol–water partition coefficient (Wildman–Crippen LogP) is 4.55. The van der Waals surface area contributed by atoms with Crippen molar-refractivity contribution in [2.24, 2.45) is 5.16 Å². The Hall–Kier alpha value is -2.74. The quantitative estimate of drug-likeness (QED) is 0.445. The summed E-state index contributed by atoms with van der Waals surface area (Å²) in [6.45, 7) is 1.40. The van der Waals surface area contributed by atoms with E-state index in [1.807, 2.05) is 0 Å². The topological polar surface area (TPSA) is 55.6 Å². The fraction of sp³-hybridized carbons (Fsp3) is 0.182. The molecule has 1 atom stereocenters. The number of oxime groups is 1. The summed E-state index contributed by atoms with van der Waals surface area (Å²) in [7, 11) is 0. The third kappa shape index (κ3) is 4.63. The van der Waals surface area contributed by atoms with Crippen molar-refractivity contribution in [1.82, 2.24) is 9.88 Å². The minimum atomic E-state index is -0.805. The molecule has 1 fully saturated rings. The Morgan fingerprint density at radius 1 is 1.13 bits per heavy atom. The van der Waals surface area contributed by atoms with Crippen molar-refractivity contribution in [2.45, 2.75) is 12.5 Å². The van der Waals surface area contributed by atoms with Crippen LogP contribution in [0.25, 0.3) is 5.69 Å². The molecule has 31 heavy (non-hydrogen) atoms. The van der Waals surface area contributed by atoms with E-state index in [4.69, 9.17) is 28.0 Å². The van der Waals surface area contributed by atoms with Crippen molar-refractivity contribution in [3.05, 3.63) is 97.9 Å². The molecule has 0 bridgehead atoms. The molecule has 1 N–H and O–H groups in total. The van der Waals surface area contributed by atoms with E-state index in [9.17, 15) is 13.6 Å². The highest BCUT2D eigenvalue weighted by Crippen LogP contribution is 2.28. The van der Waals surface area contributed by atoms with E-state index >= 15 is 0 Å². The summed E-state index contributed by atoms with van der Waals surface area (Å²) in [5, 5.41) is 7.87. The molecule has 3 aromatic rings. The third-order valence-corrected chi connectivity index (χ3v) is 5.47. The molecule has 5 nitrogen and oxygen atoms in total. The fourth-order valence-electron chi connectivity index (χ4n) is 3.31. The van der Waals surface area contributed by atoms with Gasteiger partial charge in [0.15, 0.2) is 0 Å². The Balaban J connectivity index is 1.85. The monoisotopic (exact) mass is 463 g/mol. The van der Waals surface area contributed by atoms with Crippen molar-refractivity contribution >= 4 is 28.9 Å². The molecule has 1 aliphatic heterocycles. The summed E-state index contributed by atoms with van der Waals surface area (Å²) < 4.78 is 29.4. The maximum atomic E-state index is 14.6. The van der Waals surface area contributed by atoms with Crippen LogP contribution < -0.4 is 10.9 Å². The third-order valence-electron chi connectivity index (χ3n) is 4.86. The molecule has 160 valence electrons. The zero-order valence-corrected chi connectivity index (χ0v) is 17.6. The lowest BCUT2D eigenvalue weighted by Crippen LogP contribution is -2.21. The first-order chi connectivity index (χ1) is 14.9. The van der Waals surface area contributed by atoms with Crippen LogP contribution in [0.5, 0.6) is 0 Å². The molecular formula is C22H17Cl2F2N3O2. The van der Waals surface area contributed by atoms with Crippen LogP contribution in [-0.2, 0) is 4.84 Å². The second-order valence-electron chi connectivity index (χ2n) is 6.98. The zero-order valence-electron chi connectivity index (χ0n) is 16.1. The second-order valence-corrected chi connectivity index (χ2v) is 7.79.